The van der Waals surface area contributed by atoms with Crippen LogP contribution in [-0.2, 0) is 0 Å². The Balaban J connectivity index is 1.96. The van der Waals surface area contributed by atoms with Crippen LogP contribution in [0.2, 0.25) is 0 Å². The van der Waals surface area contributed by atoms with Crippen molar-refractivity contribution in [1.82, 2.24) is 10.2 Å². The minimum absolute atomic E-state index is 0.550. The van der Waals surface area contributed by atoms with Crippen LogP contribution < -0.4 is 5.32 Å². The molecule has 1 aliphatic heterocycles. The van der Waals surface area contributed by atoms with E-state index in [2.05, 4.69) is 53.7 Å². The third-order valence-corrected chi connectivity index (χ3v) is 5.06. The molecule has 1 fully saturated rings. The van der Waals surface area contributed by atoms with E-state index in [1.807, 2.05) is 11.8 Å². The summed E-state index contributed by atoms with van der Waals surface area (Å²) in [4.78, 5) is 2.71. The van der Waals surface area contributed by atoms with Crippen molar-refractivity contribution in [2.45, 2.75) is 44.7 Å². The second kappa shape index (κ2) is 9.50. The lowest BCUT2D eigenvalue weighted by Gasteiger charge is -2.41. The third-order valence-electron chi connectivity index (χ3n) is 4.36. The van der Waals surface area contributed by atoms with Crippen LogP contribution in [0.3, 0.4) is 0 Å². The van der Waals surface area contributed by atoms with Crippen LogP contribution in [0.25, 0.3) is 0 Å². The van der Waals surface area contributed by atoms with Gasteiger partial charge in [0.25, 0.3) is 0 Å². The van der Waals surface area contributed by atoms with Crippen LogP contribution in [0.1, 0.15) is 44.2 Å². The Hall–Kier alpha value is -0.510. The Labute approximate surface area is 134 Å². The SMILES string of the molecule is CCCC1CN(CCCCSC)C(c2ccccc2)CN1. The second-order valence-corrected chi connectivity index (χ2v) is 7.00. The predicted molar refractivity (Wildman–Crippen MR) is 95.1 cm³/mol. The number of hydrogen-bond acceptors (Lipinski definition) is 3. The normalized spacial score (nSPS) is 23.3. The first-order chi connectivity index (χ1) is 10.3. The van der Waals surface area contributed by atoms with Gasteiger partial charge in [0, 0.05) is 25.2 Å². The highest BCUT2D eigenvalue weighted by Crippen LogP contribution is 2.25. The molecule has 0 saturated carbocycles. The maximum absolute atomic E-state index is 3.75. The van der Waals surface area contributed by atoms with Crippen molar-refractivity contribution in [1.29, 1.82) is 0 Å². The zero-order valence-electron chi connectivity index (χ0n) is 13.6. The minimum atomic E-state index is 0.550. The van der Waals surface area contributed by atoms with Gasteiger partial charge in [-0.1, -0.05) is 43.7 Å². The molecule has 1 aliphatic rings. The average molecular weight is 307 g/mol. The summed E-state index contributed by atoms with van der Waals surface area (Å²) in [6.07, 6.45) is 7.43. The highest BCUT2D eigenvalue weighted by Gasteiger charge is 2.27. The van der Waals surface area contributed by atoms with E-state index in [0.29, 0.717) is 12.1 Å². The summed E-state index contributed by atoms with van der Waals surface area (Å²) >= 11 is 1.96. The lowest BCUT2D eigenvalue weighted by Crippen LogP contribution is -2.52. The monoisotopic (exact) mass is 306 g/mol. The molecule has 0 bridgehead atoms. The third kappa shape index (κ3) is 5.32. The van der Waals surface area contributed by atoms with E-state index in [1.165, 1.54) is 50.1 Å². The molecule has 0 radical (unpaired) electrons. The van der Waals surface area contributed by atoms with Crippen LogP contribution in [0.15, 0.2) is 30.3 Å². The molecule has 2 atom stereocenters. The van der Waals surface area contributed by atoms with Crippen LogP contribution in [0.5, 0.6) is 0 Å². The van der Waals surface area contributed by atoms with Gasteiger partial charge in [-0.15, -0.1) is 0 Å². The van der Waals surface area contributed by atoms with Crippen LogP contribution in [0.4, 0.5) is 0 Å². The number of benzene rings is 1. The van der Waals surface area contributed by atoms with Crippen molar-refractivity contribution >= 4 is 11.8 Å². The molecule has 1 N–H and O–H groups in total. The summed E-state index contributed by atoms with van der Waals surface area (Å²) < 4.78 is 0. The summed E-state index contributed by atoms with van der Waals surface area (Å²) in [5.41, 5.74) is 1.46. The molecule has 2 unspecified atom stereocenters. The van der Waals surface area contributed by atoms with Gasteiger partial charge in [0.05, 0.1) is 0 Å². The zero-order valence-corrected chi connectivity index (χ0v) is 14.4. The highest BCUT2D eigenvalue weighted by atomic mass is 32.2. The number of unbranched alkanes of at least 4 members (excludes halogenated alkanes) is 1. The molecule has 1 aromatic rings. The lowest BCUT2D eigenvalue weighted by molar-refractivity contribution is 0.125. The number of nitrogens with zero attached hydrogens (tertiary/aromatic N) is 1. The first-order valence-corrected chi connectivity index (χ1v) is 9.75. The van der Waals surface area contributed by atoms with Gasteiger partial charge in [0.2, 0.25) is 0 Å². The average Bonchev–Trinajstić information content (AvgIpc) is 2.53. The number of hydrogen-bond donors (Lipinski definition) is 1. The Kier molecular flexibility index (Phi) is 7.62. The van der Waals surface area contributed by atoms with Crippen LogP contribution in [0, 0.1) is 0 Å². The van der Waals surface area contributed by atoms with E-state index in [0.717, 1.165) is 6.54 Å². The quantitative estimate of drug-likeness (QED) is 0.732. The van der Waals surface area contributed by atoms with Gasteiger partial charge in [-0.25, -0.2) is 0 Å². The fourth-order valence-corrected chi connectivity index (χ4v) is 3.73. The molecule has 1 aromatic carbocycles. The molecular formula is C18H30N2S. The molecule has 0 spiro atoms. The van der Waals surface area contributed by atoms with Crippen molar-refractivity contribution < 1.29 is 0 Å². The minimum Gasteiger partial charge on any atom is -0.311 e. The Morgan fingerprint density at radius 1 is 1.24 bits per heavy atom. The molecule has 1 saturated heterocycles. The van der Waals surface area contributed by atoms with Gasteiger partial charge in [0.1, 0.15) is 0 Å². The fraction of sp³-hybridized carbons (Fsp3) is 0.667. The van der Waals surface area contributed by atoms with E-state index in [1.54, 1.807) is 0 Å². The Bertz CT molecular complexity index is 382. The van der Waals surface area contributed by atoms with Crippen molar-refractivity contribution in [3.05, 3.63) is 35.9 Å². The molecule has 1 heterocycles. The molecule has 3 heteroatoms. The van der Waals surface area contributed by atoms with E-state index in [-0.39, 0.29) is 0 Å². The Morgan fingerprint density at radius 2 is 2.05 bits per heavy atom. The molecule has 0 aromatic heterocycles. The van der Waals surface area contributed by atoms with Gasteiger partial charge in [-0.3, -0.25) is 4.90 Å². The number of piperazine rings is 1. The number of thioether (sulfide) groups is 1. The van der Waals surface area contributed by atoms with E-state index < -0.39 is 0 Å². The molecule has 0 aliphatic carbocycles. The van der Waals surface area contributed by atoms with Gasteiger partial charge >= 0.3 is 0 Å². The van der Waals surface area contributed by atoms with Gasteiger partial charge in [-0.2, -0.15) is 11.8 Å². The molecule has 2 rings (SSSR count). The summed E-state index contributed by atoms with van der Waals surface area (Å²) in [6, 6.07) is 12.2. The topological polar surface area (TPSA) is 15.3 Å². The summed E-state index contributed by atoms with van der Waals surface area (Å²) in [5.74, 6) is 1.29. The van der Waals surface area contributed by atoms with Crippen LogP contribution in [-0.4, -0.2) is 42.6 Å². The van der Waals surface area contributed by atoms with E-state index >= 15 is 0 Å². The summed E-state index contributed by atoms with van der Waals surface area (Å²) in [7, 11) is 0. The number of nitrogens with one attached hydrogen (secondary N) is 1. The maximum Gasteiger partial charge on any atom is 0.0473 e. The van der Waals surface area contributed by atoms with Crippen molar-refractivity contribution in [3.8, 4) is 0 Å². The second-order valence-electron chi connectivity index (χ2n) is 6.02. The maximum atomic E-state index is 3.75. The summed E-state index contributed by atoms with van der Waals surface area (Å²) in [5, 5.41) is 3.75. The molecular weight excluding hydrogens is 276 g/mol. The van der Waals surface area contributed by atoms with E-state index in [4.69, 9.17) is 0 Å². The molecule has 21 heavy (non-hydrogen) atoms. The lowest BCUT2D eigenvalue weighted by atomic mass is 9.99. The smallest absolute Gasteiger partial charge is 0.0473 e. The van der Waals surface area contributed by atoms with Crippen LogP contribution >= 0.6 is 11.8 Å². The molecule has 2 nitrogen and oxygen atoms in total. The van der Waals surface area contributed by atoms with E-state index in [9.17, 15) is 0 Å². The number of rotatable bonds is 8. The van der Waals surface area contributed by atoms with Gasteiger partial charge in [0.15, 0.2) is 0 Å². The summed E-state index contributed by atoms with van der Waals surface area (Å²) in [6.45, 7) is 5.82. The first-order valence-electron chi connectivity index (χ1n) is 8.36. The molecule has 118 valence electrons. The first kappa shape index (κ1) is 16.9. The van der Waals surface area contributed by atoms with Crippen molar-refractivity contribution in [3.63, 3.8) is 0 Å². The zero-order chi connectivity index (χ0) is 14.9. The van der Waals surface area contributed by atoms with Gasteiger partial charge < -0.3 is 5.32 Å². The van der Waals surface area contributed by atoms with Crippen molar-refractivity contribution in [2.24, 2.45) is 0 Å². The Morgan fingerprint density at radius 3 is 2.76 bits per heavy atom. The molecule has 0 amide bonds. The fourth-order valence-electron chi connectivity index (χ4n) is 3.24. The standard InChI is InChI=1S/C18H30N2S/c1-3-9-17-15-20(12-7-8-13-21-2)18(14-19-17)16-10-5-4-6-11-16/h4-6,10-11,17-19H,3,7-9,12-15H2,1-2H3. The van der Waals surface area contributed by atoms with Crippen molar-refractivity contribution in [2.75, 3.05) is 31.6 Å². The largest absolute Gasteiger partial charge is 0.311 e. The highest BCUT2D eigenvalue weighted by molar-refractivity contribution is 7.98. The van der Waals surface area contributed by atoms with Gasteiger partial charge in [-0.05, 0) is 43.4 Å². The predicted octanol–water partition coefficient (Wildman–Crippen LogP) is 3.94.